The number of hydrogen-bond acceptors (Lipinski definition) is 4. The fourth-order valence-electron chi connectivity index (χ4n) is 1.26. The second-order valence-corrected chi connectivity index (χ2v) is 4.33. The van der Waals surface area contributed by atoms with E-state index in [-0.39, 0.29) is 16.7 Å². The van der Waals surface area contributed by atoms with Crippen molar-refractivity contribution in [2.45, 2.75) is 32.8 Å². The first-order valence-electron chi connectivity index (χ1n) is 5.70. The van der Waals surface area contributed by atoms with E-state index in [1.165, 1.54) is 6.33 Å². The summed E-state index contributed by atoms with van der Waals surface area (Å²) in [6, 6.07) is 0. The maximum Gasteiger partial charge on any atom is 0.271 e. The Bertz CT molecular complexity index is 393. The van der Waals surface area contributed by atoms with Crippen molar-refractivity contribution in [1.29, 1.82) is 0 Å². The highest BCUT2D eigenvalue weighted by Gasteiger charge is 2.04. The van der Waals surface area contributed by atoms with Gasteiger partial charge in [-0.25, -0.2) is 4.98 Å². The van der Waals surface area contributed by atoms with E-state index < -0.39 is 0 Å². The highest BCUT2D eigenvalue weighted by Crippen LogP contribution is 2.11. The van der Waals surface area contributed by atoms with E-state index in [4.69, 9.17) is 16.3 Å². The normalized spacial score (nSPS) is 10.8. The van der Waals surface area contributed by atoms with E-state index in [9.17, 15) is 4.79 Å². The first-order valence-corrected chi connectivity index (χ1v) is 6.07. The maximum atomic E-state index is 11.2. The van der Waals surface area contributed by atoms with Crippen molar-refractivity contribution < 1.29 is 4.74 Å². The zero-order chi connectivity index (χ0) is 12.7. The number of aromatic amines is 1. The Morgan fingerprint density at radius 3 is 3.00 bits per heavy atom. The summed E-state index contributed by atoms with van der Waals surface area (Å²) in [5.41, 5.74) is -0.327. The molecular formula is C11H18ClN3O2. The zero-order valence-electron chi connectivity index (χ0n) is 10.1. The predicted molar refractivity (Wildman–Crippen MR) is 68.7 cm³/mol. The molecule has 1 aromatic heterocycles. The molecule has 0 saturated carbocycles. The third kappa shape index (κ3) is 5.19. The van der Waals surface area contributed by atoms with Gasteiger partial charge in [0.25, 0.3) is 5.56 Å². The summed E-state index contributed by atoms with van der Waals surface area (Å²) >= 11 is 5.78. The Morgan fingerprint density at radius 2 is 2.29 bits per heavy atom. The van der Waals surface area contributed by atoms with Crippen molar-refractivity contribution in [3.8, 4) is 0 Å². The van der Waals surface area contributed by atoms with Crippen LogP contribution in [0.3, 0.4) is 0 Å². The number of H-pyrrole nitrogens is 1. The van der Waals surface area contributed by atoms with E-state index >= 15 is 0 Å². The van der Waals surface area contributed by atoms with Gasteiger partial charge in [-0.1, -0.05) is 11.6 Å². The molecular weight excluding hydrogens is 242 g/mol. The Labute approximate surface area is 106 Å². The summed E-state index contributed by atoms with van der Waals surface area (Å²) in [7, 11) is 0. The number of rotatable bonds is 7. The van der Waals surface area contributed by atoms with Gasteiger partial charge in [0.05, 0.1) is 12.4 Å². The number of halogens is 1. The lowest BCUT2D eigenvalue weighted by Crippen LogP contribution is -2.13. The molecule has 2 N–H and O–H groups in total. The molecule has 0 unspecified atom stereocenters. The van der Waals surface area contributed by atoms with Crippen LogP contribution in [0, 0.1) is 0 Å². The lowest BCUT2D eigenvalue weighted by atomic mass is 10.3. The van der Waals surface area contributed by atoms with Gasteiger partial charge in [-0.3, -0.25) is 4.79 Å². The molecule has 0 amide bonds. The van der Waals surface area contributed by atoms with Crippen LogP contribution in [0.4, 0.5) is 5.82 Å². The zero-order valence-corrected chi connectivity index (χ0v) is 10.9. The number of ether oxygens (including phenoxy) is 1. The van der Waals surface area contributed by atoms with E-state index in [0.717, 1.165) is 26.0 Å². The number of nitrogens with one attached hydrogen (secondary N) is 2. The lowest BCUT2D eigenvalue weighted by molar-refractivity contribution is 0.0765. The van der Waals surface area contributed by atoms with Gasteiger partial charge < -0.3 is 15.0 Å². The topological polar surface area (TPSA) is 67.0 Å². The number of aromatic nitrogens is 2. The van der Waals surface area contributed by atoms with Crippen LogP contribution in [0.5, 0.6) is 0 Å². The molecule has 0 aliphatic heterocycles. The molecule has 1 heterocycles. The van der Waals surface area contributed by atoms with E-state index in [1.807, 2.05) is 13.8 Å². The molecule has 0 atom stereocenters. The Hall–Kier alpha value is -1.07. The van der Waals surface area contributed by atoms with Gasteiger partial charge in [0.1, 0.15) is 5.02 Å². The molecule has 0 spiro atoms. The minimum Gasteiger partial charge on any atom is -0.379 e. The largest absolute Gasteiger partial charge is 0.379 e. The Balaban J connectivity index is 2.23. The molecule has 17 heavy (non-hydrogen) atoms. The van der Waals surface area contributed by atoms with Gasteiger partial charge in [-0.2, -0.15) is 0 Å². The molecule has 0 aliphatic carbocycles. The maximum absolute atomic E-state index is 11.2. The summed E-state index contributed by atoms with van der Waals surface area (Å²) in [5, 5.41) is 3.13. The van der Waals surface area contributed by atoms with E-state index in [2.05, 4.69) is 15.3 Å². The highest BCUT2D eigenvalue weighted by atomic mass is 35.5. The van der Waals surface area contributed by atoms with Gasteiger partial charge >= 0.3 is 0 Å². The minimum absolute atomic E-state index is 0.103. The van der Waals surface area contributed by atoms with Crippen molar-refractivity contribution in [3.63, 3.8) is 0 Å². The smallest absolute Gasteiger partial charge is 0.271 e. The molecule has 6 heteroatoms. The standard InChI is InChI=1S/C11H18ClN3O2/c1-8(2)17-6-4-3-5-13-10-9(12)11(16)15-7-14-10/h7-8H,3-6H2,1-2H3,(H2,13,14,15,16). The Morgan fingerprint density at radius 1 is 1.53 bits per heavy atom. The van der Waals surface area contributed by atoms with Gasteiger partial charge in [0.15, 0.2) is 5.82 Å². The van der Waals surface area contributed by atoms with Crippen LogP contribution >= 0.6 is 11.6 Å². The first kappa shape index (κ1) is 14.0. The number of anilines is 1. The number of hydrogen-bond donors (Lipinski definition) is 2. The molecule has 0 fully saturated rings. The fraction of sp³-hybridized carbons (Fsp3) is 0.636. The minimum atomic E-state index is -0.327. The summed E-state index contributed by atoms with van der Waals surface area (Å²) in [6.45, 7) is 5.49. The molecule has 1 rings (SSSR count). The molecule has 5 nitrogen and oxygen atoms in total. The molecule has 0 aliphatic rings. The fourth-order valence-corrected chi connectivity index (χ4v) is 1.43. The van der Waals surface area contributed by atoms with Crippen LogP contribution in [0.25, 0.3) is 0 Å². The third-order valence-corrected chi connectivity index (χ3v) is 2.46. The van der Waals surface area contributed by atoms with Gasteiger partial charge in [-0.15, -0.1) is 0 Å². The van der Waals surface area contributed by atoms with E-state index in [1.54, 1.807) is 0 Å². The molecule has 0 saturated heterocycles. The quantitative estimate of drug-likeness (QED) is 0.736. The second-order valence-electron chi connectivity index (χ2n) is 3.95. The van der Waals surface area contributed by atoms with Crippen LogP contribution in [0.15, 0.2) is 11.1 Å². The van der Waals surface area contributed by atoms with E-state index in [0.29, 0.717) is 5.82 Å². The van der Waals surface area contributed by atoms with Crippen molar-refractivity contribution in [1.82, 2.24) is 9.97 Å². The summed E-state index contributed by atoms with van der Waals surface area (Å²) in [6.07, 6.45) is 3.51. The molecule has 96 valence electrons. The van der Waals surface area contributed by atoms with Crippen LogP contribution in [0.1, 0.15) is 26.7 Å². The van der Waals surface area contributed by atoms with Crippen LogP contribution < -0.4 is 10.9 Å². The first-order chi connectivity index (χ1) is 8.11. The van der Waals surface area contributed by atoms with Crippen molar-refractivity contribution in [2.75, 3.05) is 18.5 Å². The average molecular weight is 260 g/mol. The van der Waals surface area contributed by atoms with Crippen LogP contribution in [-0.4, -0.2) is 29.2 Å². The Kier molecular flexibility index (Phi) is 6.00. The lowest BCUT2D eigenvalue weighted by Gasteiger charge is -2.08. The van der Waals surface area contributed by atoms with Gasteiger partial charge in [0, 0.05) is 13.2 Å². The summed E-state index contributed by atoms with van der Waals surface area (Å²) in [5.74, 6) is 0.431. The molecule has 0 aromatic carbocycles. The predicted octanol–water partition coefficient (Wildman–Crippen LogP) is 2.04. The monoisotopic (exact) mass is 259 g/mol. The van der Waals surface area contributed by atoms with Crippen molar-refractivity contribution in [3.05, 3.63) is 21.7 Å². The SMILES string of the molecule is CC(C)OCCCCNc1nc[nH]c(=O)c1Cl. The number of nitrogens with zero attached hydrogens (tertiary/aromatic N) is 1. The third-order valence-electron chi connectivity index (χ3n) is 2.11. The molecule has 0 radical (unpaired) electrons. The summed E-state index contributed by atoms with van der Waals surface area (Å²) in [4.78, 5) is 17.5. The van der Waals surface area contributed by atoms with Crippen LogP contribution in [-0.2, 0) is 4.74 Å². The van der Waals surface area contributed by atoms with Gasteiger partial charge in [0.2, 0.25) is 0 Å². The van der Waals surface area contributed by atoms with Crippen molar-refractivity contribution >= 4 is 17.4 Å². The highest BCUT2D eigenvalue weighted by molar-refractivity contribution is 6.32. The molecule has 0 bridgehead atoms. The summed E-state index contributed by atoms with van der Waals surface area (Å²) < 4.78 is 5.41. The van der Waals surface area contributed by atoms with Crippen LogP contribution in [0.2, 0.25) is 5.02 Å². The van der Waals surface area contributed by atoms with Crippen molar-refractivity contribution in [2.24, 2.45) is 0 Å². The number of unbranched alkanes of at least 4 members (excludes halogenated alkanes) is 1. The molecule has 1 aromatic rings. The average Bonchev–Trinajstić information content (AvgIpc) is 2.28. The second kappa shape index (κ2) is 7.29. The van der Waals surface area contributed by atoms with Gasteiger partial charge in [-0.05, 0) is 26.7 Å².